The SMILES string of the molecule is Fc1ccc(C2(F)CCCNC2)cc1. The molecule has 1 heterocycles. The fraction of sp³-hybridized carbons (Fsp3) is 0.455. The fourth-order valence-corrected chi connectivity index (χ4v) is 1.86. The Morgan fingerprint density at radius 1 is 1.21 bits per heavy atom. The Balaban J connectivity index is 2.23. The summed E-state index contributed by atoms with van der Waals surface area (Å²) in [6.45, 7) is 1.20. The van der Waals surface area contributed by atoms with Gasteiger partial charge in [-0.2, -0.15) is 0 Å². The highest BCUT2D eigenvalue weighted by Gasteiger charge is 2.33. The lowest BCUT2D eigenvalue weighted by molar-refractivity contribution is 0.122. The predicted octanol–water partition coefficient (Wildman–Crippen LogP) is 2.37. The summed E-state index contributed by atoms with van der Waals surface area (Å²) < 4.78 is 26.9. The van der Waals surface area contributed by atoms with Crippen molar-refractivity contribution in [1.82, 2.24) is 5.32 Å². The Morgan fingerprint density at radius 2 is 1.93 bits per heavy atom. The third kappa shape index (κ3) is 1.77. The van der Waals surface area contributed by atoms with E-state index in [9.17, 15) is 8.78 Å². The first kappa shape index (κ1) is 9.59. The number of alkyl halides is 1. The molecule has 1 saturated heterocycles. The van der Waals surface area contributed by atoms with Crippen LogP contribution in [-0.4, -0.2) is 13.1 Å². The van der Waals surface area contributed by atoms with Crippen LogP contribution in [0.3, 0.4) is 0 Å². The van der Waals surface area contributed by atoms with E-state index < -0.39 is 5.67 Å². The van der Waals surface area contributed by atoms with Crippen molar-refractivity contribution in [2.24, 2.45) is 0 Å². The van der Waals surface area contributed by atoms with Crippen LogP contribution >= 0.6 is 0 Å². The zero-order valence-corrected chi connectivity index (χ0v) is 7.89. The van der Waals surface area contributed by atoms with Crippen LogP contribution in [0.4, 0.5) is 8.78 Å². The van der Waals surface area contributed by atoms with Crippen molar-refractivity contribution in [2.45, 2.75) is 18.5 Å². The molecule has 1 N–H and O–H groups in total. The highest BCUT2D eigenvalue weighted by Crippen LogP contribution is 2.32. The van der Waals surface area contributed by atoms with E-state index >= 15 is 0 Å². The molecule has 3 heteroatoms. The van der Waals surface area contributed by atoms with Crippen molar-refractivity contribution in [3.8, 4) is 0 Å². The van der Waals surface area contributed by atoms with Gasteiger partial charge < -0.3 is 5.32 Å². The maximum atomic E-state index is 14.3. The topological polar surface area (TPSA) is 12.0 Å². The third-order valence-corrected chi connectivity index (χ3v) is 2.69. The van der Waals surface area contributed by atoms with E-state index in [0.29, 0.717) is 18.5 Å². The number of nitrogens with one attached hydrogen (secondary N) is 1. The summed E-state index contributed by atoms with van der Waals surface area (Å²) in [4.78, 5) is 0. The molecule has 1 atom stereocenters. The van der Waals surface area contributed by atoms with Crippen molar-refractivity contribution >= 4 is 0 Å². The molecule has 0 saturated carbocycles. The van der Waals surface area contributed by atoms with Gasteiger partial charge in [0.25, 0.3) is 0 Å². The molecule has 1 aromatic carbocycles. The monoisotopic (exact) mass is 197 g/mol. The number of halogens is 2. The molecule has 1 aliphatic heterocycles. The lowest BCUT2D eigenvalue weighted by atomic mass is 9.88. The fourth-order valence-electron chi connectivity index (χ4n) is 1.86. The van der Waals surface area contributed by atoms with Crippen LogP contribution in [0.25, 0.3) is 0 Å². The van der Waals surface area contributed by atoms with Crippen LogP contribution in [0.5, 0.6) is 0 Å². The van der Waals surface area contributed by atoms with Crippen LogP contribution in [0.15, 0.2) is 24.3 Å². The molecular weight excluding hydrogens is 184 g/mol. The van der Waals surface area contributed by atoms with E-state index in [0.717, 1.165) is 13.0 Å². The third-order valence-electron chi connectivity index (χ3n) is 2.69. The van der Waals surface area contributed by atoms with Crippen LogP contribution in [0.2, 0.25) is 0 Å². The Morgan fingerprint density at radius 3 is 2.50 bits per heavy atom. The molecule has 0 amide bonds. The van der Waals surface area contributed by atoms with Crippen LogP contribution in [-0.2, 0) is 5.67 Å². The van der Waals surface area contributed by atoms with Crippen LogP contribution in [0, 0.1) is 5.82 Å². The van der Waals surface area contributed by atoms with Crippen molar-refractivity contribution < 1.29 is 8.78 Å². The summed E-state index contributed by atoms with van der Waals surface area (Å²) >= 11 is 0. The highest BCUT2D eigenvalue weighted by atomic mass is 19.1. The van der Waals surface area contributed by atoms with E-state index in [4.69, 9.17) is 0 Å². The maximum Gasteiger partial charge on any atom is 0.148 e. The summed E-state index contributed by atoms with van der Waals surface area (Å²) in [7, 11) is 0. The van der Waals surface area contributed by atoms with Gasteiger partial charge in [-0.15, -0.1) is 0 Å². The molecular formula is C11H13F2N. The molecule has 1 aliphatic rings. The standard InChI is InChI=1S/C11H13F2N/c12-10-4-2-9(3-5-10)11(13)6-1-7-14-8-11/h2-5,14H,1,6-8H2. The number of hydrogen-bond acceptors (Lipinski definition) is 1. The predicted molar refractivity (Wildman–Crippen MR) is 51.3 cm³/mol. The summed E-state index contributed by atoms with van der Waals surface area (Å²) in [6, 6.07) is 5.68. The largest absolute Gasteiger partial charge is 0.313 e. The first-order valence-corrected chi connectivity index (χ1v) is 4.86. The summed E-state index contributed by atoms with van der Waals surface area (Å²) in [5.74, 6) is -0.318. The Hall–Kier alpha value is -0.960. The van der Waals surface area contributed by atoms with Crippen molar-refractivity contribution in [3.63, 3.8) is 0 Å². The van der Waals surface area contributed by atoms with Gasteiger partial charge in [-0.1, -0.05) is 12.1 Å². The quantitative estimate of drug-likeness (QED) is 0.728. The molecule has 1 nitrogen and oxygen atoms in total. The summed E-state index contributed by atoms with van der Waals surface area (Å²) in [5.41, 5.74) is -0.738. The molecule has 0 spiro atoms. The van der Waals surface area contributed by atoms with Gasteiger partial charge in [-0.05, 0) is 37.1 Å². The summed E-state index contributed by atoms with van der Waals surface area (Å²) in [6.07, 6.45) is 1.35. The van der Waals surface area contributed by atoms with Gasteiger partial charge in [-0.3, -0.25) is 0 Å². The number of benzene rings is 1. The normalized spacial score (nSPS) is 27.6. The minimum Gasteiger partial charge on any atom is -0.313 e. The second-order valence-electron chi connectivity index (χ2n) is 3.75. The number of piperidine rings is 1. The molecule has 0 bridgehead atoms. The molecule has 1 fully saturated rings. The van der Waals surface area contributed by atoms with Gasteiger partial charge in [0.05, 0.1) is 0 Å². The van der Waals surface area contributed by atoms with Crippen molar-refractivity contribution in [3.05, 3.63) is 35.6 Å². The molecule has 14 heavy (non-hydrogen) atoms. The van der Waals surface area contributed by atoms with Gasteiger partial charge in [0.1, 0.15) is 11.5 Å². The van der Waals surface area contributed by atoms with Gasteiger partial charge in [0.15, 0.2) is 0 Å². The average molecular weight is 197 g/mol. The molecule has 2 rings (SSSR count). The van der Waals surface area contributed by atoms with Gasteiger partial charge in [-0.25, -0.2) is 8.78 Å². The minimum atomic E-state index is -1.31. The second kappa shape index (κ2) is 3.65. The second-order valence-corrected chi connectivity index (χ2v) is 3.75. The highest BCUT2D eigenvalue weighted by molar-refractivity contribution is 5.24. The number of hydrogen-bond donors (Lipinski definition) is 1. The zero-order chi connectivity index (χ0) is 10.0. The van der Waals surface area contributed by atoms with Crippen LogP contribution in [0.1, 0.15) is 18.4 Å². The van der Waals surface area contributed by atoms with Crippen molar-refractivity contribution in [1.29, 1.82) is 0 Å². The minimum absolute atomic E-state index is 0.318. The Kier molecular flexibility index (Phi) is 2.50. The average Bonchev–Trinajstić information content (AvgIpc) is 2.19. The maximum absolute atomic E-state index is 14.3. The molecule has 1 aromatic rings. The van der Waals surface area contributed by atoms with E-state index in [1.54, 1.807) is 0 Å². The van der Waals surface area contributed by atoms with Crippen molar-refractivity contribution in [2.75, 3.05) is 13.1 Å². The van der Waals surface area contributed by atoms with Crippen LogP contribution < -0.4 is 5.32 Å². The summed E-state index contributed by atoms with van der Waals surface area (Å²) in [5, 5.41) is 3.02. The molecule has 76 valence electrons. The molecule has 0 aliphatic carbocycles. The van der Waals surface area contributed by atoms with Gasteiger partial charge in [0.2, 0.25) is 0 Å². The van der Waals surface area contributed by atoms with E-state index in [2.05, 4.69) is 5.32 Å². The zero-order valence-electron chi connectivity index (χ0n) is 7.89. The smallest absolute Gasteiger partial charge is 0.148 e. The molecule has 0 aromatic heterocycles. The lowest BCUT2D eigenvalue weighted by Crippen LogP contribution is -2.40. The van der Waals surface area contributed by atoms with E-state index in [1.807, 2.05) is 0 Å². The first-order chi connectivity index (χ1) is 6.71. The number of rotatable bonds is 1. The van der Waals surface area contributed by atoms with Gasteiger partial charge in [0, 0.05) is 6.54 Å². The lowest BCUT2D eigenvalue weighted by Gasteiger charge is -2.30. The van der Waals surface area contributed by atoms with E-state index in [-0.39, 0.29) is 5.82 Å². The Labute approximate surface area is 82.1 Å². The van der Waals surface area contributed by atoms with Gasteiger partial charge >= 0.3 is 0 Å². The first-order valence-electron chi connectivity index (χ1n) is 4.86. The molecule has 1 unspecified atom stereocenters. The van der Waals surface area contributed by atoms with E-state index in [1.165, 1.54) is 24.3 Å². The Bertz CT molecular complexity index is 302. The molecule has 0 radical (unpaired) electrons.